The fraction of sp³-hybridized carbons (Fsp3) is 0.333. The van der Waals surface area contributed by atoms with Gasteiger partial charge in [0.15, 0.2) is 11.5 Å². The van der Waals surface area contributed by atoms with Gasteiger partial charge in [-0.1, -0.05) is 0 Å². The van der Waals surface area contributed by atoms with Crippen LogP contribution in [-0.4, -0.2) is 38.0 Å². The molecule has 1 unspecified atom stereocenters. The monoisotopic (exact) mass is 251 g/mol. The van der Waals surface area contributed by atoms with Gasteiger partial charge in [-0.3, -0.25) is 0 Å². The highest BCUT2D eigenvalue weighted by molar-refractivity contribution is 5.73. The van der Waals surface area contributed by atoms with E-state index in [1.165, 1.54) is 32.4 Å². The molecule has 0 spiro atoms. The molecular weight excluding hydrogens is 238 g/mol. The van der Waals surface area contributed by atoms with E-state index < -0.39 is 12.1 Å². The van der Waals surface area contributed by atoms with Gasteiger partial charge in [-0.05, 0) is 12.1 Å². The molecule has 0 aliphatic rings. The number of nitrogens with zero attached hydrogens (tertiary/aromatic N) is 1. The average Bonchev–Trinajstić information content (AvgIpc) is 2.38. The van der Waals surface area contributed by atoms with Gasteiger partial charge in [-0.2, -0.15) is 5.26 Å². The van der Waals surface area contributed by atoms with Crippen LogP contribution >= 0.6 is 0 Å². The molecule has 0 radical (unpaired) electrons. The number of hydrogen-bond donors (Lipinski definition) is 1. The SMILES string of the molecule is COCC(Oc1ccc(C#N)cc1OC)C(=O)O. The number of carboxylic acid groups (broad SMARTS) is 1. The van der Waals surface area contributed by atoms with Gasteiger partial charge in [0.2, 0.25) is 6.10 Å². The highest BCUT2D eigenvalue weighted by Crippen LogP contribution is 2.28. The maximum Gasteiger partial charge on any atom is 0.347 e. The third kappa shape index (κ3) is 3.37. The minimum Gasteiger partial charge on any atom is -0.493 e. The topological polar surface area (TPSA) is 88.8 Å². The first kappa shape index (κ1) is 13.8. The van der Waals surface area contributed by atoms with Crippen molar-refractivity contribution < 1.29 is 24.1 Å². The number of methoxy groups -OCH3 is 2. The summed E-state index contributed by atoms with van der Waals surface area (Å²) < 4.78 is 15.1. The summed E-state index contributed by atoms with van der Waals surface area (Å²) in [4.78, 5) is 10.9. The van der Waals surface area contributed by atoms with Gasteiger partial charge in [0.05, 0.1) is 25.3 Å². The third-order valence-electron chi connectivity index (χ3n) is 2.16. The summed E-state index contributed by atoms with van der Waals surface area (Å²) in [6.45, 7) is -0.0848. The van der Waals surface area contributed by atoms with Gasteiger partial charge in [0.1, 0.15) is 0 Å². The van der Waals surface area contributed by atoms with Crippen molar-refractivity contribution in [2.45, 2.75) is 6.10 Å². The molecule has 1 atom stereocenters. The molecule has 0 saturated carbocycles. The zero-order chi connectivity index (χ0) is 13.5. The van der Waals surface area contributed by atoms with Crippen LogP contribution in [0.2, 0.25) is 0 Å². The smallest absolute Gasteiger partial charge is 0.347 e. The van der Waals surface area contributed by atoms with Crippen LogP contribution in [0.15, 0.2) is 18.2 Å². The molecule has 0 amide bonds. The molecule has 0 heterocycles. The minimum atomic E-state index is -1.14. The molecule has 0 aliphatic carbocycles. The van der Waals surface area contributed by atoms with Crippen molar-refractivity contribution in [2.24, 2.45) is 0 Å². The Morgan fingerprint density at radius 2 is 2.17 bits per heavy atom. The standard InChI is InChI=1S/C12H13NO5/c1-16-7-11(12(14)15)18-9-4-3-8(6-13)5-10(9)17-2/h3-5,11H,7H2,1-2H3,(H,14,15). The fourth-order valence-corrected chi connectivity index (χ4v) is 1.29. The van der Waals surface area contributed by atoms with Crippen LogP contribution in [0.3, 0.4) is 0 Å². The van der Waals surface area contributed by atoms with E-state index in [9.17, 15) is 4.79 Å². The molecule has 0 fully saturated rings. The highest BCUT2D eigenvalue weighted by atomic mass is 16.6. The lowest BCUT2D eigenvalue weighted by Crippen LogP contribution is -2.31. The Labute approximate surface area is 104 Å². The fourth-order valence-electron chi connectivity index (χ4n) is 1.29. The molecular formula is C12H13NO5. The van der Waals surface area contributed by atoms with E-state index in [1.807, 2.05) is 6.07 Å². The van der Waals surface area contributed by atoms with Crippen LogP contribution < -0.4 is 9.47 Å². The highest BCUT2D eigenvalue weighted by Gasteiger charge is 2.21. The largest absolute Gasteiger partial charge is 0.493 e. The first-order valence-corrected chi connectivity index (χ1v) is 5.09. The Bertz CT molecular complexity index is 466. The molecule has 18 heavy (non-hydrogen) atoms. The molecule has 0 saturated heterocycles. The summed E-state index contributed by atoms with van der Waals surface area (Å²) in [5.74, 6) is -0.583. The van der Waals surface area contributed by atoms with Gasteiger partial charge < -0.3 is 19.3 Å². The van der Waals surface area contributed by atoms with Crippen LogP contribution in [0.5, 0.6) is 11.5 Å². The summed E-state index contributed by atoms with van der Waals surface area (Å²) >= 11 is 0. The number of hydrogen-bond acceptors (Lipinski definition) is 5. The Morgan fingerprint density at radius 3 is 2.67 bits per heavy atom. The number of aliphatic carboxylic acids is 1. The van der Waals surface area contributed by atoms with Crippen LogP contribution in [0.1, 0.15) is 5.56 Å². The number of ether oxygens (including phenoxy) is 3. The summed E-state index contributed by atoms with van der Waals surface area (Å²) in [6, 6.07) is 6.43. The zero-order valence-corrected chi connectivity index (χ0v) is 10.0. The van der Waals surface area contributed by atoms with E-state index in [0.29, 0.717) is 11.3 Å². The van der Waals surface area contributed by atoms with Gasteiger partial charge in [-0.15, -0.1) is 0 Å². The molecule has 0 bridgehead atoms. The Morgan fingerprint density at radius 1 is 1.44 bits per heavy atom. The van der Waals surface area contributed by atoms with Gasteiger partial charge >= 0.3 is 5.97 Å². The first-order valence-electron chi connectivity index (χ1n) is 5.09. The summed E-state index contributed by atoms with van der Waals surface area (Å²) in [5.41, 5.74) is 0.401. The normalized spacial score (nSPS) is 11.4. The second-order valence-corrected chi connectivity index (χ2v) is 3.38. The van der Waals surface area contributed by atoms with E-state index >= 15 is 0 Å². The van der Waals surface area contributed by atoms with Gasteiger partial charge in [-0.25, -0.2) is 4.79 Å². The second kappa shape index (κ2) is 6.47. The van der Waals surface area contributed by atoms with Crippen molar-refractivity contribution in [2.75, 3.05) is 20.8 Å². The lowest BCUT2D eigenvalue weighted by Gasteiger charge is -2.16. The Kier molecular flexibility index (Phi) is 4.96. The average molecular weight is 251 g/mol. The van der Waals surface area contributed by atoms with Crippen LogP contribution in [0.4, 0.5) is 0 Å². The number of carboxylic acids is 1. The minimum absolute atomic E-state index is 0.0848. The quantitative estimate of drug-likeness (QED) is 0.812. The molecule has 6 heteroatoms. The molecule has 1 N–H and O–H groups in total. The maximum atomic E-state index is 10.9. The van der Waals surface area contributed by atoms with Crippen molar-refractivity contribution in [3.63, 3.8) is 0 Å². The van der Waals surface area contributed by atoms with Crippen molar-refractivity contribution in [3.8, 4) is 17.6 Å². The van der Waals surface area contributed by atoms with Crippen molar-refractivity contribution >= 4 is 5.97 Å². The number of carbonyl (C=O) groups is 1. The van der Waals surface area contributed by atoms with E-state index in [-0.39, 0.29) is 12.4 Å². The predicted octanol–water partition coefficient (Wildman–Crippen LogP) is 1.05. The molecule has 6 nitrogen and oxygen atoms in total. The molecule has 1 rings (SSSR count). The van der Waals surface area contributed by atoms with Crippen LogP contribution in [-0.2, 0) is 9.53 Å². The van der Waals surface area contributed by atoms with Crippen LogP contribution in [0, 0.1) is 11.3 Å². The van der Waals surface area contributed by atoms with Crippen LogP contribution in [0.25, 0.3) is 0 Å². The van der Waals surface area contributed by atoms with E-state index in [4.69, 9.17) is 24.6 Å². The first-order chi connectivity index (χ1) is 8.62. The number of benzene rings is 1. The third-order valence-corrected chi connectivity index (χ3v) is 2.16. The lowest BCUT2D eigenvalue weighted by molar-refractivity contribution is -0.147. The summed E-state index contributed by atoms with van der Waals surface area (Å²) in [7, 11) is 2.80. The number of nitriles is 1. The van der Waals surface area contributed by atoms with E-state index in [1.54, 1.807) is 0 Å². The Balaban J connectivity index is 2.95. The predicted molar refractivity (Wildman–Crippen MR) is 61.6 cm³/mol. The van der Waals surface area contributed by atoms with Gasteiger partial charge in [0, 0.05) is 13.2 Å². The zero-order valence-electron chi connectivity index (χ0n) is 10.0. The maximum absolute atomic E-state index is 10.9. The molecule has 1 aromatic rings. The van der Waals surface area contributed by atoms with Crippen molar-refractivity contribution in [1.29, 1.82) is 5.26 Å². The molecule has 0 aliphatic heterocycles. The molecule has 1 aromatic carbocycles. The van der Waals surface area contributed by atoms with E-state index in [2.05, 4.69) is 0 Å². The Hall–Kier alpha value is -2.26. The van der Waals surface area contributed by atoms with E-state index in [0.717, 1.165) is 0 Å². The second-order valence-electron chi connectivity index (χ2n) is 3.38. The molecule has 0 aromatic heterocycles. The lowest BCUT2D eigenvalue weighted by atomic mass is 10.2. The molecule has 96 valence electrons. The van der Waals surface area contributed by atoms with Crippen molar-refractivity contribution in [1.82, 2.24) is 0 Å². The summed E-state index contributed by atoms with van der Waals surface area (Å²) in [5, 5.41) is 17.7. The van der Waals surface area contributed by atoms with Crippen molar-refractivity contribution in [3.05, 3.63) is 23.8 Å². The van der Waals surface area contributed by atoms with Gasteiger partial charge in [0.25, 0.3) is 0 Å². The summed E-state index contributed by atoms with van der Waals surface area (Å²) in [6.07, 6.45) is -1.13. The number of rotatable bonds is 6.